The molecule has 0 amide bonds. The third kappa shape index (κ3) is 5.36. The molecule has 6 heteroatoms. The molecule has 0 saturated carbocycles. The van der Waals surface area contributed by atoms with Gasteiger partial charge in [0.2, 0.25) is 0 Å². The molecular weight excluding hydrogens is 384 g/mol. The third-order valence-corrected chi connectivity index (χ3v) is 5.14. The van der Waals surface area contributed by atoms with Crippen LogP contribution in [-0.2, 0) is 6.54 Å². The van der Waals surface area contributed by atoms with E-state index in [9.17, 15) is 0 Å². The number of aliphatic imine (C=N–C) groups is 1. The van der Waals surface area contributed by atoms with Gasteiger partial charge in [-0.05, 0) is 28.8 Å². The van der Waals surface area contributed by atoms with Crippen molar-refractivity contribution in [1.29, 1.82) is 0 Å². The summed E-state index contributed by atoms with van der Waals surface area (Å²) in [6, 6.07) is 25.1. The van der Waals surface area contributed by atoms with Crippen molar-refractivity contribution in [1.82, 2.24) is 25.2 Å². The molecule has 2 aromatic carbocycles. The second-order valence-corrected chi connectivity index (χ2v) is 7.17. The van der Waals surface area contributed by atoms with Gasteiger partial charge in [-0.3, -0.25) is 9.56 Å². The van der Waals surface area contributed by atoms with Gasteiger partial charge in [0.15, 0.2) is 5.96 Å². The lowest BCUT2D eigenvalue weighted by Crippen LogP contribution is -2.39. The highest BCUT2D eigenvalue weighted by atomic mass is 15.2. The summed E-state index contributed by atoms with van der Waals surface area (Å²) in [7, 11) is 1.79. The fourth-order valence-corrected chi connectivity index (χ4v) is 3.51. The molecule has 31 heavy (non-hydrogen) atoms. The Balaban J connectivity index is 1.41. The molecular formula is C25H26N6. The van der Waals surface area contributed by atoms with Gasteiger partial charge in [0.25, 0.3) is 0 Å². The van der Waals surface area contributed by atoms with Gasteiger partial charge < -0.3 is 10.6 Å². The maximum absolute atomic E-state index is 4.41. The summed E-state index contributed by atoms with van der Waals surface area (Å²) in [6.07, 6.45) is 7.18. The number of nitrogens with zero attached hydrogens (tertiary/aromatic N) is 4. The molecule has 0 aliphatic heterocycles. The van der Waals surface area contributed by atoms with Crippen molar-refractivity contribution in [2.45, 2.75) is 12.5 Å². The van der Waals surface area contributed by atoms with Gasteiger partial charge in [0.1, 0.15) is 12.1 Å². The SMILES string of the molecule is CN=C(NCc1ccnc(-n2ccnc2)c1)NCC(c1ccccc1)c1ccccc1. The van der Waals surface area contributed by atoms with E-state index in [1.54, 1.807) is 19.6 Å². The molecule has 4 rings (SSSR count). The van der Waals surface area contributed by atoms with Crippen LogP contribution in [0, 0.1) is 0 Å². The predicted molar refractivity (Wildman–Crippen MR) is 124 cm³/mol. The van der Waals surface area contributed by atoms with Gasteiger partial charge in [-0.1, -0.05) is 60.7 Å². The van der Waals surface area contributed by atoms with Gasteiger partial charge >= 0.3 is 0 Å². The van der Waals surface area contributed by atoms with E-state index in [1.165, 1.54) is 11.1 Å². The number of rotatable bonds is 7. The van der Waals surface area contributed by atoms with E-state index in [-0.39, 0.29) is 5.92 Å². The van der Waals surface area contributed by atoms with Crippen LogP contribution in [0.4, 0.5) is 0 Å². The summed E-state index contributed by atoms with van der Waals surface area (Å²) >= 11 is 0. The summed E-state index contributed by atoms with van der Waals surface area (Å²) in [6.45, 7) is 1.38. The molecule has 2 N–H and O–H groups in total. The normalized spacial score (nSPS) is 11.5. The molecule has 0 saturated heterocycles. The van der Waals surface area contributed by atoms with Crippen molar-refractivity contribution in [2.24, 2.45) is 4.99 Å². The zero-order valence-corrected chi connectivity index (χ0v) is 17.5. The van der Waals surface area contributed by atoms with E-state index in [0.29, 0.717) is 6.54 Å². The molecule has 156 valence electrons. The Morgan fingerprint density at radius 2 is 1.65 bits per heavy atom. The molecule has 2 heterocycles. The Bertz CT molecular complexity index is 1050. The Morgan fingerprint density at radius 3 is 2.26 bits per heavy atom. The summed E-state index contributed by atoms with van der Waals surface area (Å²) < 4.78 is 1.89. The molecule has 0 unspecified atom stereocenters. The first-order chi connectivity index (χ1) is 15.3. The van der Waals surface area contributed by atoms with E-state index in [2.05, 4.69) is 74.1 Å². The van der Waals surface area contributed by atoms with Gasteiger partial charge in [-0.2, -0.15) is 0 Å². The van der Waals surface area contributed by atoms with Crippen LogP contribution in [0.1, 0.15) is 22.6 Å². The topological polar surface area (TPSA) is 67.1 Å². The maximum Gasteiger partial charge on any atom is 0.191 e. The van der Waals surface area contributed by atoms with Crippen molar-refractivity contribution < 1.29 is 0 Å². The summed E-state index contributed by atoms with van der Waals surface area (Å²) in [4.78, 5) is 12.9. The summed E-state index contributed by atoms with van der Waals surface area (Å²) in [5.41, 5.74) is 3.66. The number of aromatic nitrogens is 3. The number of hydrogen-bond donors (Lipinski definition) is 2. The van der Waals surface area contributed by atoms with Gasteiger partial charge in [0, 0.05) is 44.6 Å². The average molecular weight is 411 g/mol. The van der Waals surface area contributed by atoms with Crippen LogP contribution in [0.15, 0.2) is 103 Å². The number of pyridine rings is 1. The minimum Gasteiger partial charge on any atom is -0.355 e. The van der Waals surface area contributed by atoms with Crippen LogP contribution < -0.4 is 10.6 Å². The van der Waals surface area contributed by atoms with Crippen LogP contribution in [0.25, 0.3) is 5.82 Å². The lowest BCUT2D eigenvalue weighted by Gasteiger charge is -2.20. The number of guanidine groups is 1. The lowest BCUT2D eigenvalue weighted by atomic mass is 9.91. The average Bonchev–Trinajstić information content (AvgIpc) is 3.38. The first-order valence-electron chi connectivity index (χ1n) is 10.3. The quantitative estimate of drug-likeness (QED) is 0.360. The first-order valence-corrected chi connectivity index (χ1v) is 10.3. The second kappa shape index (κ2) is 10.2. The van der Waals surface area contributed by atoms with Crippen molar-refractivity contribution in [3.63, 3.8) is 0 Å². The maximum atomic E-state index is 4.41. The van der Waals surface area contributed by atoms with E-state index in [0.717, 1.165) is 23.9 Å². The van der Waals surface area contributed by atoms with Crippen LogP contribution in [0.3, 0.4) is 0 Å². The third-order valence-electron chi connectivity index (χ3n) is 5.14. The van der Waals surface area contributed by atoms with Gasteiger partial charge in [-0.15, -0.1) is 0 Å². The smallest absolute Gasteiger partial charge is 0.191 e. The Hall–Kier alpha value is -3.93. The van der Waals surface area contributed by atoms with E-state index >= 15 is 0 Å². The molecule has 0 atom stereocenters. The van der Waals surface area contributed by atoms with Crippen LogP contribution in [0.5, 0.6) is 0 Å². The lowest BCUT2D eigenvalue weighted by molar-refractivity contribution is 0.727. The van der Waals surface area contributed by atoms with Gasteiger partial charge in [-0.25, -0.2) is 9.97 Å². The molecule has 4 aromatic rings. The number of benzene rings is 2. The van der Waals surface area contributed by atoms with E-state index < -0.39 is 0 Å². The van der Waals surface area contributed by atoms with Crippen molar-refractivity contribution >= 4 is 5.96 Å². The van der Waals surface area contributed by atoms with Crippen LogP contribution in [-0.4, -0.2) is 34.1 Å². The zero-order chi connectivity index (χ0) is 21.3. The van der Waals surface area contributed by atoms with Crippen LogP contribution >= 0.6 is 0 Å². The number of hydrogen-bond acceptors (Lipinski definition) is 3. The van der Waals surface area contributed by atoms with E-state index in [4.69, 9.17) is 0 Å². The Kier molecular flexibility index (Phi) is 6.70. The van der Waals surface area contributed by atoms with Gasteiger partial charge in [0.05, 0.1) is 0 Å². The molecule has 0 radical (unpaired) electrons. The predicted octanol–water partition coefficient (Wildman–Crippen LogP) is 3.76. The second-order valence-electron chi connectivity index (χ2n) is 7.17. The summed E-state index contributed by atoms with van der Waals surface area (Å²) in [5, 5.41) is 6.89. The molecule has 6 nitrogen and oxygen atoms in total. The largest absolute Gasteiger partial charge is 0.355 e. The molecule has 0 bridgehead atoms. The molecule has 2 aromatic heterocycles. The first kappa shape index (κ1) is 20.3. The number of nitrogens with one attached hydrogen (secondary N) is 2. The molecule has 0 fully saturated rings. The zero-order valence-electron chi connectivity index (χ0n) is 17.5. The Labute approximate surface area is 182 Å². The number of imidazole rings is 1. The highest BCUT2D eigenvalue weighted by Gasteiger charge is 2.14. The fraction of sp³-hybridized carbons (Fsp3) is 0.160. The van der Waals surface area contributed by atoms with Crippen molar-refractivity contribution in [2.75, 3.05) is 13.6 Å². The van der Waals surface area contributed by atoms with Crippen molar-refractivity contribution in [3.05, 3.63) is 114 Å². The highest BCUT2D eigenvalue weighted by Crippen LogP contribution is 2.23. The molecule has 0 aliphatic rings. The van der Waals surface area contributed by atoms with E-state index in [1.807, 2.05) is 41.2 Å². The summed E-state index contributed by atoms with van der Waals surface area (Å²) in [5.74, 6) is 1.83. The van der Waals surface area contributed by atoms with Crippen LogP contribution in [0.2, 0.25) is 0 Å². The molecule has 0 aliphatic carbocycles. The monoisotopic (exact) mass is 410 g/mol. The minimum absolute atomic E-state index is 0.231. The minimum atomic E-state index is 0.231. The molecule has 0 spiro atoms. The highest BCUT2D eigenvalue weighted by molar-refractivity contribution is 5.79. The standard InChI is InChI=1S/C25H26N6/c1-26-25(29-17-20-12-13-28-24(16-20)31-15-14-27-19-31)30-18-23(21-8-4-2-5-9-21)22-10-6-3-7-11-22/h2-16,19,23H,17-18H2,1H3,(H2,26,29,30). The Morgan fingerprint density at radius 1 is 0.935 bits per heavy atom. The fourth-order valence-electron chi connectivity index (χ4n) is 3.51. The van der Waals surface area contributed by atoms with Crippen molar-refractivity contribution in [3.8, 4) is 5.82 Å².